The lowest BCUT2D eigenvalue weighted by atomic mass is 9.88. The number of piperidine rings is 1. The number of hydrogen-bond acceptors (Lipinski definition) is 5. The largest absolute Gasteiger partial charge is 0.433 e. The maximum Gasteiger partial charge on any atom is 0.433 e. The van der Waals surface area contributed by atoms with Crippen molar-refractivity contribution in [1.82, 2.24) is 34.1 Å². The number of amides is 2. The van der Waals surface area contributed by atoms with E-state index in [4.69, 9.17) is 0 Å². The van der Waals surface area contributed by atoms with Crippen molar-refractivity contribution in [3.05, 3.63) is 87.7 Å². The van der Waals surface area contributed by atoms with Crippen LogP contribution in [0.1, 0.15) is 46.1 Å². The number of benzene rings is 1. The molecule has 0 bridgehead atoms. The Kier molecular flexibility index (Phi) is 6.82. The van der Waals surface area contributed by atoms with E-state index in [-0.39, 0.29) is 23.2 Å². The molecule has 1 atom stereocenters. The summed E-state index contributed by atoms with van der Waals surface area (Å²) in [7, 11) is 5.19. The Morgan fingerprint density at radius 1 is 1.12 bits per heavy atom. The van der Waals surface area contributed by atoms with Crippen LogP contribution in [0, 0.1) is 0 Å². The number of nitrogens with one attached hydrogen (secondary N) is 1. The second-order valence-electron chi connectivity index (χ2n) is 10.9. The van der Waals surface area contributed by atoms with Crippen molar-refractivity contribution in [3.8, 4) is 5.69 Å². The zero-order valence-electron chi connectivity index (χ0n) is 23.6. The van der Waals surface area contributed by atoms with Gasteiger partial charge in [-0.05, 0) is 48.2 Å². The van der Waals surface area contributed by atoms with Crippen molar-refractivity contribution in [1.29, 1.82) is 0 Å². The van der Waals surface area contributed by atoms with E-state index in [1.165, 1.54) is 23.4 Å². The summed E-state index contributed by atoms with van der Waals surface area (Å²) in [6.45, 7) is 0.836. The number of aryl methyl sites for hydroxylation is 1. The summed E-state index contributed by atoms with van der Waals surface area (Å²) in [5.41, 5.74) is 1.14. The Morgan fingerprint density at radius 3 is 2.53 bits per heavy atom. The van der Waals surface area contributed by atoms with E-state index in [2.05, 4.69) is 10.1 Å². The van der Waals surface area contributed by atoms with E-state index in [1.807, 2.05) is 27.9 Å². The maximum atomic E-state index is 13.5. The molecular formula is C30H28F3N7O3. The number of halogens is 3. The first-order valence-electron chi connectivity index (χ1n) is 13.6. The third kappa shape index (κ3) is 4.94. The fourth-order valence-electron chi connectivity index (χ4n) is 5.72. The maximum absolute atomic E-state index is 13.5. The molecule has 1 fully saturated rings. The summed E-state index contributed by atoms with van der Waals surface area (Å²) in [5, 5.41) is 5.61. The number of H-pyrrole nitrogens is 1. The van der Waals surface area contributed by atoms with Gasteiger partial charge in [0.1, 0.15) is 5.65 Å². The van der Waals surface area contributed by atoms with Gasteiger partial charge in [0, 0.05) is 63.1 Å². The van der Waals surface area contributed by atoms with Crippen molar-refractivity contribution >= 4 is 33.8 Å². The van der Waals surface area contributed by atoms with Crippen LogP contribution in [-0.4, -0.2) is 66.6 Å². The number of pyridine rings is 2. The summed E-state index contributed by atoms with van der Waals surface area (Å²) < 4.78 is 43.6. The Bertz CT molecular complexity index is 1940. The molecule has 10 nitrogen and oxygen atoms in total. The van der Waals surface area contributed by atoms with Crippen molar-refractivity contribution in [2.24, 2.45) is 7.05 Å². The van der Waals surface area contributed by atoms with E-state index in [0.29, 0.717) is 41.8 Å². The molecule has 1 aliphatic rings. The van der Waals surface area contributed by atoms with Crippen LogP contribution in [0.15, 0.2) is 59.7 Å². The highest BCUT2D eigenvalue weighted by molar-refractivity contribution is 5.94. The molecule has 1 saturated heterocycles. The van der Waals surface area contributed by atoms with Crippen LogP contribution < -0.4 is 5.56 Å². The highest BCUT2D eigenvalue weighted by Gasteiger charge is 2.36. The standard InChI is InChI=1S/C30H28F3N7O3/c1-37(2)28(42)18-6-4-17(5-7-18)19-9-12-39(24(41)14-19)16-20-15-21-23(8-11-34-27(21)38(20)3)40-13-10-22-25(29(40)43)26(36-35-22)30(31,32)33/h4-8,10-11,13,15,19H,9,12,14,16H2,1-3H3,(H,35,36)/t19-/m0/s1. The number of nitrogens with zero attached hydrogens (tertiary/aromatic N) is 6. The molecule has 1 aliphatic heterocycles. The van der Waals surface area contributed by atoms with Crippen LogP contribution in [0.3, 0.4) is 0 Å². The molecule has 5 heterocycles. The SMILES string of the molecule is CN(C)C(=O)c1ccc([C@H]2CCN(Cc3cc4c(-n5ccc6n[nH]c(C(F)(F)F)c6c5=O)ccnc4n3C)C(=O)C2)cc1. The minimum absolute atomic E-state index is 0.00978. The molecular weight excluding hydrogens is 563 g/mol. The molecule has 4 aromatic heterocycles. The molecule has 0 aliphatic carbocycles. The van der Waals surface area contributed by atoms with E-state index < -0.39 is 22.8 Å². The van der Waals surface area contributed by atoms with Gasteiger partial charge in [0.25, 0.3) is 11.5 Å². The zero-order valence-corrected chi connectivity index (χ0v) is 23.6. The number of carbonyl (C=O) groups excluding carboxylic acids is 2. The quantitative estimate of drug-likeness (QED) is 0.329. The normalized spacial score (nSPS) is 15.9. The van der Waals surface area contributed by atoms with Crippen molar-refractivity contribution < 1.29 is 22.8 Å². The lowest BCUT2D eigenvalue weighted by Crippen LogP contribution is -2.38. The van der Waals surface area contributed by atoms with Crippen LogP contribution in [0.2, 0.25) is 0 Å². The molecule has 0 radical (unpaired) electrons. The minimum Gasteiger partial charge on any atom is -0.345 e. The summed E-state index contributed by atoms with van der Waals surface area (Å²) in [4.78, 5) is 46.4. The minimum atomic E-state index is -4.77. The summed E-state index contributed by atoms with van der Waals surface area (Å²) in [6.07, 6.45) is -0.802. The van der Waals surface area contributed by atoms with E-state index in [0.717, 1.165) is 22.2 Å². The van der Waals surface area contributed by atoms with Crippen molar-refractivity contribution in [3.63, 3.8) is 0 Å². The fraction of sp³-hybridized carbons (Fsp3) is 0.300. The monoisotopic (exact) mass is 591 g/mol. The second kappa shape index (κ2) is 10.4. The van der Waals surface area contributed by atoms with Gasteiger partial charge in [0.15, 0.2) is 5.69 Å². The van der Waals surface area contributed by atoms with Gasteiger partial charge in [0.05, 0.1) is 23.1 Å². The second-order valence-corrected chi connectivity index (χ2v) is 10.9. The number of aromatic nitrogens is 5. The van der Waals surface area contributed by atoms with Gasteiger partial charge in [-0.1, -0.05) is 12.1 Å². The molecule has 13 heteroatoms. The predicted octanol–water partition coefficient (Wildman–Crippen LogP) is 4.23. The number of fused-ring (bicyclic) bond motifs is 2. The Hall–Kier alpha value is -4.94. The van der Waals surface area contributed by atoms with Crippen molar-refractivity contribution in [2.75, 3.05) is 20.6 Å². The number of rotatable bonds is 5. The summed E-state index contributed by atoms with van der Waals surface area (Å²) in [5.74, 6) is -0.0493. The van der Waals surface area contributed by atoms with Crippen LogP contribution in [0.5, 0.6) is 0 Å². The molecule has 0 unspecified atom stereocenters. The van der Waals surface area contributed by atoms with Crippen LogP contribution in [0.4, 0.5) is 13.2 Å². The van der Waals surface area contributed by atoms with E-state index in [1.54, 1.807) is 44.2 Å². The first-order valence-corrected chi connectivity index (χ1v) is 13.6. The van der Waals surface area contributed by atoms with Gasteiger partial charge in [-0.15, -0.1) is 0 Å². The van der Waals surface area contributed by atoms with Crippen LogP contribution in [0.25, 0.3) is 27.6 Å². The molecule has 1 N–H and O–H groups in total. The first-order chi connectivity index (χ1) is 20.4. The average molecular weight is 592 g/mol. The topological polar surface area (TPSA) is 109 Å². The average Bonchev–Trinajstić information content (AvgIpc) is 3.56. The zero-order chi connectivity index (χ0) is 30.6. The lowest BCUT2D eigenvalue weighted by molar-refractivity contribution is -0.140. The number of hydrogen-bond donors (Lipinski definition) is 1. The number of likely N-dealkylation sites (tertiary alicyclic amines) is 1. The number of alkyl halides is 3. The van der Waals surface area contributed by atoms with Crippen LogP contribution >= 0.6 is 0 Å². The molecule has 1 aromatic carbocycles. The highest BCUT2D eigenvalue weighted by Crippen LogP contribution is 2.33. The molecule has 43 heavy (non-hydrogen) atoms. The Morgan fingerprint density at radius 2 is 1.86 bits per heavy atom. The van der Waals surface area contributed by atoms with Gasteiger partial charge >= 0.3 is 6.18 Å². The van der Waals surface area contributed by atoms with Gasteiger partial charge in [-0.2, -0.15) is 18.3 Å². The fourth-order valence-corrected chi connectivity index (χ4v) is 5.72. The first kappa shape index (κ1) is 28.2. The van der Waals surface area contributed by atoms with Gasteiger partial charge in [-0.25, -0.2) is 4.98 Å². The Balaban J connectivity index is 1.26. The molecule has 0 spiro atoms. The molecule has 5 aromatic rings. The van der Waals surface area contributed by atoms with Gasteiger partial charge in [-0.3, -0.25) is 24.0 Å². The number of carbonyl (C=O) groups is 2. The smallest absolute Gasteiger partial charge is 0.345 e. The molecule has 0 saturated carbocycles. The van der Waals surface area contributed by atoms with Crippen molar-refractivity contribution in [2.45, 2.75) is 31.5 Å². The molecule has 222 valence electrons. The third-order valence-electron chi connectivity index (χ3n) is 8.07. The van der Waals surface area contributed by atoms with Gasteiger partial charge < -0.3 is 14.4 Å². The highest BCUT2D eigenvalue weighted by atomic mass is 19.4. The van der Waals surface area contributed by atoms with Crippen LogP contribution in [-0.2, 0) is 24.6 Å². The predicted molar refractivity (Wildman–Crippen MR) is 153 cm³/mol. The summed E-state index contributed by atoms with van der Waals surface area (Å²) >= 11 is 0. The lowest BCUT2D eigenvalue weighted by Gasteiger charge is -2.32. The summed E-state index contributed by atoms with van der Waals surface area (Å²) in [6, 6.07) is 12.1. The van der Waals surface area contributed by atoms with E-state index >= 15 is 0 Å². The number of aromatic amines is 1. The Labute approximate surface area is 243 Å². The third-order valence-corrected chi connectivity index (χ3v) is 8.07. The molecule has 6 rings (SSSR count). The molecule has 2 amide bonds. The van der Waals surface area contributed by atoms with E-state index in [9.17, 15) is 27.6 Å². The van der Waals surface area contributed by atoms with Gasteiger partial charge in [0.2, 0.25) is 5.91 Å².